The third kappa shape index (κ3) is 4.56. The highest BCUT2D eigenvalue weighted by molar-refractivity contribution is 7.13. The van der Waals surface area contributed by atoms with Gasteiger partial charge in [-0.05, 0) is 17.9 Å². The summed E-state index contributed by atoms with van der Waals surface area (Å²) < 4.78 is 7.46. The molecule has 10 heteroatoms. The van der Waals surface area contributed by atoms with Crippen LogP contribution in [0.15, 0.2) is 23.8 Å². The van der Waals surface area contributed by atoms with Crippen molar-refractivity contribution < 1.29 is 9.53 Å². The summed E-state index contributed by atoms with van der Waals surface area (Å²) in [7, 11) is 0. The molecule has 1 amide bonds. The number of anilines is 1. The number of carbonyl (C=O) groups is 1. The summed E-state index contributed by atoms with van der Waals surface area (Å²) >= 11 is 1.62. The number of rotatable bonds is 8. The predicted molar refractivity (Wildman–Crippen MR) is 120 cm³/mol. The molecular weight excluding hydrogens is 414 g/mol. The molecule has 5 heterocycles. The lowest BCUT2D eigenvalue weighted by Gasteiger charge is -2.26. The van der Waals surface area contributed by atoms with Crippen LogP contribution in [-0.4, -0.2) is 87.7 Å². The lowest BCUT2D eigenvalue weighted by atomic mass is 10.3. The molecule has 3 aromatic rings. The Kier molecular flexibility index (Phi) is 6.10. The van der Waals surface area contributed by atoms with Crippen molar-refractivity contribution in [2.45, 2.75) is 19.4 Å². The maximum Gasteiger partial charge on any atom is 0.222 e. The van der Waals surface area contributed by atoms with Gasteiger partial charge in [0.1, 0.15) is 5.52 Å². The Morgan fingerprint density at radius 3 is 2.81 bits per heavy atom. The molecule has 0 aromatic carbocycles. The maximum absolute atomic E-state index is 12.0. The molecule has 1 N–H and O–H groups in total. The number of morpholine rings is 1. The number of nitrogens with zero attached hydrogens (tertiary/aromatic N) is 6. The van der Waals surface area contributed by atoms with Crippen molar-refractivity contribution in [3.63, 3.8) is 0 Å². The van der Waals surface area contributed by atoms with Gasteiger partial charge in [-0.3, -0.25) is 9.69 Å². The Hall–Kier alpha value is -2.56. The van der Waals surface area contributed by atoms with Crippen LogP contribution in [0.1, 0.15) is 12.8 Å². The minimum absolute atomic E-state index is 0.240. The van der Waals surface area contributed by atoms with Gasteiger partial charge in [0.15, 0.2) is 17.3 Å². The van der Waals surface area contributed by atoms with Gasteiger partial charge >= 0.3 is 0 Å². The molecule has 2 fully saturated rings. The Morgan fingerprint density at radius 2 is 2.03 bits per heavy atom. The van der Waals surface area contributed by atoms with Gasteiger partial charge in [0.05, 0.1) is 24.4 Å². The third-order valence-corrected chi connectivity index (χ3v) is 6.68. The third-order valence-electron chi connectivity index (χ3n) is 5.81. The van der Waals surface area contributed by atoms with E-state index in [1.807, 2.05) is 33.3 Å². The van der Waals surface area contributed by atoms with Gasteiger partial charge in [-0.15, -0.1) is 11.3 Å². The topological polar surface area (TPSA) is 88.4 Å². The van der Waals surface area contributed by atoms with Crippen molar-refractivity contribution >= 4 is 34.2 Å². The molecule has 3 aromatic heterocycles. The molecule has 2 aliphatic heterocycles. The molecule has 5 rings (SSSR count). The van der Waals surface area contributed by atoms with E-state index in [4.69, 9.17) is 14.7 Å². The van der Waals surface area contributed by atoms with Gasteiger partial charge in [-0.1, -0.05) is 6.07 Å². The van der Waals surface area contributed by atoms with Gasteiger partial charge in [-0.2, -0.15) is 0 Å². The lowest BCUT2D eigenvalue weighted by molar-refractivity contribution is -0.127. The second kappa shape index (κ2) is 9.29. The minimum Gasteiger partial charge on any atom is -0.379 e. The normalized spacial score (nSPS) is 17.7. The standard InChI is InChI=1S/C21H27N7O2S/c29-17-4-1-6-27(17)8-9-28-15-23-18-20(22-5-7-26-10-12-30-13-11-26)24-19(25-21(18)28)16-3-2-14-31-16/h2-3,14-15H,1,4-13H2,(H,22,24,25). The van der Waals surface area contributed by atoms with E-state index in [1.54, 1.807) is 11.3 Å². The van der Waals surface area contributed by atoms with E-state index in [0.29, 0.717) is 25.3 Å². The summed E-state index contributed by atoms with van der Waals surface area (Å²) in [5, 5.41) is 5.52. The number of hydrogen-bond donors (Lipinski definition) is 1. The highest BCUT2D eigenvalue weighted by Crippen LogP contribution is 2.27. The van der Waals surface area contributed by atoms with E-state index in [9.17, 15) is 4.79 Å². The molecule has 0 saturated carbocycles. The first-order valence-electron chi connectivity index (χ1n) is 10.9. The number of amides is 1. The smallest absolute Gasteiger partial charge is 0.222 e. The highest BCUT2D eigenvalue weighted by atomic mass is 32.1. The van der Waals surface area contributed by atoms with Crippen LogP contribution in [0.25, 0.3) is 21.9 Å². The number of carbonyl (C=O) groups excluding carboxylic acids is 1. The van der Waals surface area contributed by atoms with E-state index in [1.165, 1.54) is 0 Å². The van der Waals surface area contributed by atoms with Crippen molar-refractivity contribution in [2.24, 2.45) is 0 Å². The zero-order chi connectivity index (χ0) is 21.0. The average Bonchev–Trinajstić information content (AvgIpc) is 3.54. The summed E-state index contributed by atoms with van der Waals surface area (Å²) in [6, 6.07) is 4.04. The number of aromatic nitrogens is 4. The van der Waals surface area contributed by atoms with Crippen LogP contribution in [0.3, 0.4) is 0 Å². The van der Waals surface area contributed by atoms with Crippen molar-refractivity contribution in [1.82, 2.24) is 29.3 Å². The monoisotopic (exact) mass is 441 g/mol. The zero-order valence-electron chi connectivity index (χ0n) is 17.5. The van der Waals surface area contributed by atoms with Crippen molar-refractivity contribution in [3.8, 4) is 10.7 Å². The lowest BCUT2D eigenvalue weighted by Crippen LogP contribution is -2.39. The molecule has 2 aliphatic rings. The molecule has 0 bridgehead atoms. The fourth-order valence-corrected chi connectivity index (χ4v) is 4.73. The second-order valence-electron chi connectivity index (χ2n) is 7.85. The molecule has 164 valence electrons. The number of thiophene rings is 1. The minimum atomic E-state index is 0.240. The van der Waals surface area contributed by atoms with E-state index in [-0.39, 0.29) is 5.91 Å². The number of fused-ring (bicyclic) bond motifs is 1. The first-order valence-corrected chi connectivity index (χ1v) is 11.7. The molecule has 0 atom stereocenters. The first kappa shape index (κ1) is 20.3. The molecule has 0 aliphatic carbocycles. The summed E-state index contributed by atoms with van der Waals surface area (Å²) in [4.78, 5) is 31.5. The SMILES string of the molecule is O=C1CCCN1CCn1cnc2c(NCCN3CCOCC3)nc(-c3cccs3)nc21. The highest BCUT2D eigenvalue weighted by Gasteiger charge is 2.21. The fourth-order valence-electron chi connectivity index (χ4n) is 4.07. The van der Waals surface area contributed by atoms with Crippen LogP contribution < -0.4 is 5.32 Å². The van der Waals surface area contributed by atoms with E-state index in [2.05, 4.69) is 15.2 Å². The summed E-state index contributed by atoms with van der Waals surface area (Å²) in [5.41, 5.74) is 1.58. The predicted octanol–water partition coefficient (Wildman–Crippen LogP) is 1.92. The Labute approximate surface area is 185 Å². The fraction of sp³-hybridized carbons (Fsp3) is 0.524. The first-order chi connectivity index (χ1) is 15.3. The second-order valence-corrected chi connectivity index (χ2v) is 8.80. The molecule has 9 nitrogen and oxygen atoms in total. The number of imidazole rings is 1. The van der Waals surface area contributed by atoms with Gasteiger partial charge in [0.25, 0.3) is 0 Å². The van der Waals surface area contributed by atoms with E-state index < -0.39 is 0 Å². The van der Waals surface area contributed by atoms with Gasteiger partial charge in [-0.25, -0.2) is 15.0 Å². The largest absolute Gasteiger partial charge is 0.379 e. The Bertz CT molecular complexity index is 1030. The molecule has 2 saturated heterocycles. The van der Waals surface area contributed by atoms with Crippen LogP contribution in [0, 0.1) is 0 Å². The van der Waals surface area contributed by atoms with E-state index >= 15 is 0 Å². The number of nitrogens with one attached hydrogen (secondary N) is 1. The van der Waals surface area contributed by atoms with Crippen LogP contribution in [0.4, 0.5) is 5.82 Å². The van der Waals surface area contributed by atoms with Crippen molar-refractivity contribution in [2.75, 3.05) is 57.8 Å². The van der Waals surface area contributed by atoms with Gasteiger partial charge in [0.2, 0.25) is 5.91 Å². The summed E-state index contributed by atoms with van der Waals surface area (Å²) in [5.74, 6) is 1.71. The Balaban J connectivity index is 1.37. The van der Waals surface area contributed by atoms with Crippen molar-refractivity contribution in [1.29, 1.82) is 0 Å². The van der Waals surface area contributed by atoms with Crippen LogP contribution in [-0.2, 0) is 16.1 Å². The van der Waals surface area contributed by atoms with Gasteiger partial charge < -0.3 is 19.5 Å². The summed E-state index contributed by atoms with van der Waals surface area (Å²) in [6.07, 6.45) is 3.42. The number of ether oxygens (including phenoxy) is 1. The van der Waals surface area contributed by atoms with Crippen LogP contribution >= 0.6 is 11.3 Å². The Morgan fingerprint density at radius 1 is 1.13 bits per heavy atom. The van der Waals surface area contributed by atoms with Gasteiger partial charge in [0, 0.05) is 52.2 Å². The quantitative estimate of drug-likeness (QED) is 0.571. The van der Waals surface area contributed by atoms with Crippen LogP contribution in [0.2, 0.25) is 0 Å². The summed E-state index contributed by atoms with van der Waals surface area (Å²) in [6.45, 7) is 7.44. The molecular formula is C21H27N7O2S. The molecule has 0 spiro atoms. The molecule has 31 heavy (non-hydrogen) atoms. The zero-order valence-corrected chi connectivity index (χ0v) is 18.3. The number of hydrogen-bond acceptors (Lipinski definition) is 8. The van der Waals surface area contributed by atoms with Crippen LogP contribution in [0.5, 0.6) is 0 Å². The number of likely N-dealkylation sites (tertiary alicyclic amines) is 1. The van der Waals surface area contributed by atoms with E-state index in [0.717, 1.165) is 74.2 Å². The van der Waals surface area contributed by atoms with Crippen molar-refractivity contribution in [3.05, 3.63) is 23.8 Å². The molecule has 0 unspecified atom stereocenters. The average molecular weight is 442 g/mol. The molecule has 0 radical (unpaired) electrons. The maximum atomic E-state index is 12.0.